The average Bonchev–Trinajstić information content (AvgIpc) is 3.23. The van der Waals surface area contributed by atoms with E-state index in [2.05, 4.69) is 0 Å². The van der Waals surface area contributed by atoms with Gasteiger partial charge < -0.3 is 9.15 Å². The minimum Gasteiger partial charge on any atom is -0.468 e. The Morgan fingerprint density at radius 1 is 1.15 bits per heavy atom. The lowest BCUT2D eigenvalue weighted by atomic mass is 10.1. The van der Waals surface area contributed by atoms with Gasteiger partial charge in [-0.05, 0) is 36.2 Å². The molecule has 0 saturated carbocycles. The van der Waals surface area contributed by atoms with Crippen LogP contribution in [0.3, 0.4) is 0 Å². The summed E-state index contributed by atoms with van der Waals surface area (Å²) in [6.07, 6.45) is 2.18. The molecule has 7 heteroatoms. The molecule has 0 bridgehead atoms. The molecule has 0 unspecified atom stereocenters. The number of benzene rings is 1. The Morgan fingerprint density at radius 2 is 1.92 bits per heavy atom. The minimum atomic E-state index is -0.282. The molecule has 0 atom stereocenters. The van der Waals surface area contributed by atoms with Crippen molar-refractivity contribution in [2.24, 2.45) is 0 Å². The lowest BCUT2D eigenvalue weighted by Gasteiger charge is -2.14. The molecule has 1 aliphatic rings. The van der Waals surface area contributed by atoms with Crippen molar-refractivity contribution < 1.29 is 18.7 Å². The number of rotatable bonds is 8. The summed E-state index contributed by atoms with van der Waals surface area (Å²) in [5, 5.41) is 0.577. The maximum absolute atomic E-state index is 12.9. The molecule has 0 aliphatic carbocycles. The molecule has 136 valence electrons. The molecule has 3 rings (SSSR count). The van der Waals surface area contributed by atoms with Crippen LogP contribution in [0.2, 0.25) is 5.02 Å². The van der Waals surface area contributed by atoms with Crippen molar-refractivity contribution in [3.63, 3.8) is 0 Å². The highest BCUT2D eigenvalue weighted by molar-refractivity contribution is 8.03. The number of furan rings is 1. The first-order chi connectivity index (χ1) is 12.6. The molecule has 0 fully saturated rings. The first kappa shape index (κ1) is 18.8. The highest BCUT2D eigenvalue weighted by atomic mass is 35.5. The van der Waals surface area contributed by atoms with Crippen molar-refractivity contribution in [3.8, 4) is 0 Å². The SMILES string of the molecule is COCCCN1C(=O)C(SCc2ccco2)=C(c2ccc(Cl)cc2)C1=O. The van der Waals surface area contributed by atoms with Gasteiger partial charge in [0.15, 0.2) is 0 Å². The van der Waals surface area contributed by atoms with Crippen molar-refractivity contribution in [1.82, 2.24) is 4.90 Å². The molecular formula is C19H18ClNO4S. The van der Waals surface area contributed by atoms with Crippen LogP contribution in [0, 0.1) is 0 Å². The summed E-state index contributed by atoms with van der Waals surface area (Å²) < 4.78 is 10.4. The number of halogens is 1. The van der Waals surface area contributed by atoms with E-state index in [4.69, 9.17) is 20.8 Å². The second kappa shape index (κ2) is 8.58. The zero-order valence-corrected chi connectivity index (χ0v) is 15.8. The second-order valence-corrected chi connectivity index (χ2v) is 7.11. The Labute approximate surface area is 160 Å². The van der Waals surface area contributed by atoms with E-state index in [9.17, 15) is 9.59 Å². The molecule has 0 spiro atoms. The van der Waals surface area contributed by atoms with Gasteiger partial charge in [-0.25, -0.2) is 0 Å². The van der Waals surface area contributed by atoms with Crippen molar-refractivity contribution in [2.75, 3.05) is 20.3 Å². The van der Waals surface area contributed by atoms with Crippen LogP contribution in [0.25, 0.3) is 5.57 Å². The quantitative estimate of drug-likeness (QED) is 0.503. The predicted octanol–water partition coefficient (Wildman–Crippen LogP) is 3.98. The highest BCUT2D eigenvalue weighted by Crippen LogP contribution is 2.37. The van der Waals surface area contributed by atoms with Gasteiger partial charge in [-0.3, -0.25) is 14.5 Å². The topological polar surface area (TPSA) is 59.8 Å². The van der Waals surface area contributed by atoms with E-state index in [-0.39, 0.29) is 11.8 Å². The van der Waals surface area contributed by atoms with Crippen LogP contribution in [-0.4, -0.2) is 37.0 Å². The zero-order valence-electron chi connectivity index (χ0n) is 14.2. The number of carbonyl (C=O) groups excluding carboxylic acids is 2. The summed E-state index contributed by atoms with van der Waals surface area (Å²) in [5.41, 5.74) is 1.10. The summed E-state index contributed by atoms with van der Waals surface area (Å²) in [6, 6.07) is 10.6. The Hall–Kier alpha value is -2.02. The van der Waals surface area contributed by atoms with Gasteiger partial charge in [-0.15, -0.1) is 11.8 Å². The third-order valence-electron chi connectivity index (χ3n) is 3.93. The molecular weight excluding hydrogens is 374 g/mol. The maximum atomic E-state index is 12.9. The van der Waals surface area contributed by atoms with Gasteiger partial charge in [0, 0.05) is 25.3 Å². The first-order valence-corrected chi connectivity index (χ1v) is 9.48. The molecule has 0 N–H and O–H groups in total. The summed E-state index contributed by atoms with van der Waals surface area (Å²) in [4.78, 5) is 27.5. The molecule has 2 amide bonds. The molecule has 5 nitrogen and oxygen atoms in total. The third kappa shape index (κ3) is 4.03. The van der Waals surface area contributed by atoms with Gasteiger partial charge in [0.2, 0.25) is 0 Å². The number of imide groups is 1. The van der Waals surface area contributed by atoms with Gasteiger partial charge >= 0.3 is 0 Å². The van der Waals surface area contributed by atoms with Crippen LogP contribution in [-0.2, 0) is 20.1 Å². The van der Waals surface area contributed by atoms with Crippen LogP contribution in [0.4, 0.5) is 0 Å². The second-order valence-electron chi connectivity index (χ2n) is 5.69. The van der Waals surface area contributed by atoms with Crippen molar-refractivity contribution in [1.29, 1.82) is 0 Å². The monoisotopic (exact) mass is 391 g/mol. The lowest BCUT2D eigenvalue weighted by Crippen LogP contribution is -2.33. The van der Waals surface area contributed by atoms with E-state index in [1.807, 2.05) is 6.07 Å². The fourth-order valence-corrected chi connectivity index (χ4v) is 3.83. The van der Waals surface area contributed by atoms with Gasteiger partial charge in [0.1, 0.15) is 5.76 Å². The number of thioether (sulfide) groups is 1. The fraction of sp³-hybridized carbons (Fsp3) is 0.263. The van der Waals surface area contributed by atoms with E-state index in [0.29, 0.717) is 46.4 Å². The zero-order chi connectivity index (χ0) is 18.5. The molecule has 2 heterocycles. The average molecular weight is 392 g/mol. The number of amides is 2. The standard InChI is InChI=1S/C19H18ClNO4S/c1-24-10-3-9-21-18(22)16(13-5-7-14(20)8-6-13)17(19(21)23)26-12-15-4-2-11-25-15/h2,4-8,11H,3,9-10,12H2,1H3. The number of hydrogen-bond donors (Lipinski definition) is 0. The summed E-state index contributed by atoms with van der Waals surface area (Å²) >= 11 is 7.27. The molecule has 1 aliphatic heterocycles. The number of methoxy groups -OCH3 is 1. The van der Waals surface area contributed by atoms with E-state index < -0.39 is 0 Å². The highest BCUT2D eigenvalue weighted by Gasteiger charge is 2.38. The Bertz CT molecular complexity index is 815. The molecule has 0 radical (unpaired) electrons. The molecule has 26 heavy (non-hydrogen) atoms. The van der Waals surface area contributed by atoms with E-state index in [1.165, 1.54) is 16.7 Å². The number of nitrogens with zero attached hydrogens (tertiary/aromatic N) is 1. The van der Waals surface area contributed by atoms with Gasteiger partial charge in [-0.2, -0.15) is 0 Å². The minimum absolute atomic E-state index is 0.271. The smallest absolute Gasteiger partial charge is 0.267 e. The normalized spacial score (nSPS) is 14.6. The van der Waals surface area contributed by atoms with Crippen molar-refractivity contribution in [3.05, 3.63) is 63.9 Å². The largest absolute Gasteiger partial charge is 0.468 e. The van der Waals surface area contributed by atoms with Crippen LogP contribution in [0.5, 0.6) is 0 Å². The third-order valence-corrected chi connectivity index (χ3v) is 5.28. The Balaban J connectivity index is 1.89. The van der Waals surface area contributed by atoms with Gasteiger partial charge in [-0.1, -0.05) is 23.7 Å². The molecule has 0 saturated heterocycles. The van der Waals surface area contributed by atoms with Crippen molar-refractivity contribution >= 4 is 40.8 Å². The van der Waals surface area contributed by atoms with Crippen LogP contribution >= 0.6 is 23.4 Å². The van der Waals surface area contributed by atoms with E-state index in [1.54, 1.807) is 43.7 Å². The van der Waals surface area contributed by atoms with Gasteiger partial charge in [0.25, 0.3) is 11.8 Å². The lowest BCUT2D eigenvalue weighted by molar-refractivity contribution is -0.136. The first-order valence-electron chi connectivity index (χ1n) is 8.12. The Morgan fingerprint density at radius 3 is 2.58 bits per heavy atom. The van der Waals surface area contributed by atoms with Crippen LogP contribution in [0.15, 0.2) is 52.0 Å². The summed E-state index contributed by atoms with van der Waals surface area (Å²) in [6.45, 7) is 0.815. The number of hydrogen-bond acceptors (Lipinski definition) is 5. The molecule has 1 aromatic heterocycles. The molecule has 1 aromatic carbocycles. The number of ether oxygens (including phenoxy) is 1. The van der Waals surface area contributed by atoms with E-state index in [0.717, 1.165) is 5.76 Å². The summed E-state index contributed by atoms with van der Waals surface area (Å²) in [5.74, 6) is 0.670. The summed E-state index contributed by atoms with van der Waals surface area (Å²) in [7, 11) is 1.59. The molecule has 2 aromatic rings. The van der Waals surface area contributed by atoms with Gasteiger partial charge in [0.05, 0.1) is 22.5 Å². The Kier molecular flexibility index (Phi) is 6.19. The van der Waals surface area contributed by atoms with Crippen LogP contribution < -0.4 is 0 Å². The maximum Gasteiger partial charge on any atom is 0.267 e. The fourth-order valence-electron chi connectivity index (χ4n) is 2.67. The van der Waals surface area contributed by atoms with Crippen molar-refractivity contribution in [2.45, 2.75) is 12.2 Å². The number of carbonyl (C=O) groups is 2. The predicted molar refractivity (Wildman–Crippen MR) is 102 cm³/mol. The van der Waals surface area contributed by atoms with E-state index >= 15 is 0 Å². The van der Waals surface area contributed by atoms with Crippen LogP contribution in [0.1, 0.15) is 17.7 Å².